The van der Waals surface area contributed by atoms with Crippen molar-refractivity contribution >= 4 is 23.3 Å². The summed E-state index contributed by atoms with van der Waals surface area (Å²) >= 11 is 1.57. The van der Waals surface area contributed by atoms with Crippen molar-refractivity contribution in [2.45, 2.75) is 51.2 Å². The largest absolute Gasteiger partial charge is 0.396 e. The molecule has 0 aromatic heterocycles. The van der Waals surface area contributed by atoms with E-state index >= 15 is 0 Å². The maximum atomic E-state index is 13.3. The van der Waals surface area contributed by atoms with Crippen LogP contribution in [0.25, 0.3) is 0 Å². The fraction of sp³-hybridized carbons (Fsp3) is 0.562. The number of hydrogen-bond donors (Lipinski definition) is 1. The van der Waals surface area contributed by atoms with Gasteiger partial charge in [0.25, 0.3) is 0 Å². The Morgan fingerprint density at radius 3 is 2.65 bits per heavy atom. The molecule has 1 aliphatic rings. The molecule has 0 atom stereocenters. The highest BCUT2D eigenvalue weighted by Crippen LogP contribution is 2.35. The molecule has 1 aromatic carbocycles. The van der Waals surface area contributed by atoms with Crippen molar-refractivity contribution in [1.29, 1.82) is 0 Å². The number of rotatable bonds is 5. The van der Waals surface area contributed by atoms with Gasteiger partial charge in [-0.15, -0.1) is 0 Å². The van der Waals surface area contributed by atoms with Crippen LogP contribution >= 0.6 is 11.9 Å². The first-order valence-corrected chi connectivity index (χ1v) is 7.93. The van der Waals surface area contributed by atoms with Crippen LogP contribution in [0.2, 0.25) is 0 Å². The molecule has 0 spiro atoms. The van der Waals surface area contributed by atoms with Gasteiger partial charge in [-0.1, -0.05) is 18.9 Å². The zero-order valence-electron chi connectivity index (χ0n) is 12.4. The van der Waals surface area contributed by atoms with E-state index < -0.39 is 0 Å². The van der Waals surface area contributed by atoms with E-state index in [1.54, 1.807) is 24.1 Å². The Kier molecular flexibility index (Phi) is 4.74. The number of anilines is 1. The Hall–Kier alpha value is -1.03. The van der Waals surface area contributed by atoms with Gasteiger partial charge in [0.2, 0.25) is 0 Å². The number of nitrogens with two attached hydrogens (primary N) is 1. The molecule has 0 amide bonds. The van der Waals surface area contributed by atoms with E-state index in [-0.39, 0.29) is 16.3 Å². The van der Waals surface area contributed by atoms with Crippen LogP contribution in [0.3, 0.4) is 0 Å². The van der Waals surface area contributed by atoms with E-state index in [9.17, 15) is 4.39 Å². The Morgan fingerprint density at radius 1 is 1.40 bits per heavy atom. The molecule has 0 unspecified atom stereocenters. The first kappa shape index (κ1) is 15.4. The highest BCUT2D eigenvalue weighted by molar-refractivity contribution is 7.99. The molecule has 0 bridgehead atoms. The number of benzene rings is 1. The highest BCUT2D eigenvalue weighted by atomic mass is 32.2. The van der Waals surface area contributed by atoms with E-state index in [0.29, 0.717) is 0 Å². The zero-order chi connectivity index (χ0) is 14.8. The Morgan fingerprint density at radius 2 is 2.10 bits per heavy atom. The fourth-order valence-electron chi connectivity index (χ4n) is 1.91. The maximum Gasteiger partial charge on any atom is 0.146 e. The van der Waals surface area contributed by atoms with Crippen LogP contribution in [0.5, 0.6) is 0 Å². The summed E-state index contributed by atoms with van der Waals surface area (Å²) < 4.78 is 18.1. The van der Waals surface area contributed by atoms with E-state index in [0.717, 1.165) is 23.6 Å². The summed E-state index contributed by atoms with van der Waals surface area (Å²) in [7, 11) is 0. The third-order valence-electron chi connectivity index (χ3n) is 3.25. The molecule has 1 aliphatic carbocycles. The van der Waals surface area contributed by atoms with Gasteiger partial charge < -0.3 is 5.73 Å². The molecule has 1 aromatic rings. The summed E-state index contributed by atoms with van der Waals surface area (Å²) in [5, 5.41) is 0. The second-order valence-electron chi connectivity index (χ2n) is 6.46. The molecule has 0 radical (unpaired) electrons. The molecule has 1 fully saturated rings. The lowest BCUT2D eigenvalue weighted by Gasteiger charge is -2.15. The zero-order valence-corrected chi connectivity index (χ0v) is 13.3. The summed E-state index contributed by atoms with van der Waals surface area (Å²) in [6.07, 6.45) is 4.79. The van der Waals surface area contributed by atoms with Gasteiger partial charge in [0.1, 0.15) is 5.82 Å². The van der Waals surface area contributed by atoms with Crippen LogP contribution in [-0.2, 0) is 0 Å². The molecule has 4 heteroatoms. The van der Waals surface area contributed by atoms with Crippen molar-refractivity contribution in [2.24, 2.45) is 10.3 Å². The predicted octanol–water partition coefficient (Wildman–Crippen LogP) is 4.83. The molecule has 110 valence electrons. The fourth-order valence-corrected chi connectivity index (χ4v) is 2.49. The van der Waals surface area contributed by atoms with Crippen LogP contribution in [0, 0.1) is 11.7 Å². The van der Waals surface area contributed by atoms with Gasteiger partial charge in [-0.3, -0.25) is 0 Å². The van der Waals surface area contributed by atoms with Crippen molar-refractivity contribution in [3.8, 4) is 0 Å². The average Bonchev–Trinajstić information content (AvgIpc) is 3.16. The molecule has 2 rings (SSSR count). The van der Waals surface area contributed by atoms with Crippen molar-refractivity contribution in [3.63, 3.8) is 0 Å². The molecule has 20 heavy (non-hydrogen) atoms. The topological polar surface area (TPSA) is 38.4 Å². The molecule has 0 aliphatic heterocycles. The number of nitrogen functional groups attached to an aromatic ring is 1. The number of halogens is 1. The van der Waals surface area contributed by atoms with Crippen LogP contribution < -0.4 is 5.73 Å². The molecule has 1 saturated carbocycles. The minimum atomic E-state index is -0.362. The lowest BCUT2D eigenvalue weighted by Crippen LogP contribution is -2.08. The van der Waals surface area contributed by atoms with E-state index in [2.05, 4.69) is 20.8 Å². The standard InChI is InChI=1S/C16H23FN2S/c1-16(2,3)20-19-15(9-6-11-4-5-11)12-7-8-13(17)14(18)10-12/h7-8,10-11H,4-6,9,18H2,1-3H3. The lowest BCUT2D eigenvalue weighted by atomic mass is 10.0. The van der Waals surface area contributed by atoms with Crippen LogP contribution in [0.1, 0.15) is 52.0 Å². The van der Waals surface area contributed by atoms with E-state index in [1.165, 1.54) is 25.3 Å². The Labute approximate surface area is 125 Å². The summed E-state index contributed by atoms with van der Waals surface area (Å²) in [4.78, 5) is 0. The lowest BCUT2D eigenvalue weighted by molar-refractivity contribution is 0.632. The number of hydrogen-bond acceptors (Lipinski definition) is 3. The van der Waals surface area contributed by atoms with E-state index in [4.69, 9.17) is 10.1 Å². The van der Waals surface area contributed by atoms with Crippen molar-refractivity contribution in [2.75, 3.05) is 5.73 Å². The highest BCUT2D eigenvalue weighted by Gasteiger charge is 2.22. The van der Waals surface area contributed by atoms with Gasteiger partial charge in [0, 0.05) is 4.75 Å². The molecule has 2 nitrogen and oxygen atoms in total. The van der Waals surface area contributed by atoms with Gasteiger partial charge in [0.15, 0.2) is 0 Å². The van der Waals surface area contributed by atoms with Gasteiger partial charge in [-0.05, 0) is 69.2 Å². The SMILES string of the molecule is CC(C)(C)SN=C(CCC1CC1)c1ccc(F)c(N)c1. The second kappa shape index (κ2) is 6.17. The number of nitrogens with zero attached hydrogens (tertiary/aromatic N) is 1. The van der Waals surface area contributed by atoms with Crippen LogP contribution in [0.4, 0.5) is 10.1 Å². The average molecular weight is 294 g/mol. The third-order valence-corrected chi connectivity index (χ3v) is 4.10. The van der Waals surface area contributed by atoms with Crippen molar-refractivity contribution in [1.82, 2.24) is 0 Å². The molecule has 0 heterocycles. The van der Waals surface area contributed by atoms with Gasteiger partial charge in [0.05, 0.1) is 11.4 Å². The van der Waals surface area contributed by atoms with E-state index in [1.807, 2.05) is 0 Å². The maximum absolute atomic E-state index is 13.3. The quantitative estimate of drug-likeness (QED) is 0.479. The van der Waals surface area contributed by atoms with Crippen molar-refractivity contribution in [3.05, 3.63) is 29.6 Å². The predicted molar refractivity (Wildman–Crippen MR) is 86.7 cm³/mol. The summed E-state index contributed by atoms with van der Waals surface area (Å²) in [5.74, 6) is 0.497. The Balaban J connectivity index is 2.16. The molecule has 0 saturated heterocycles. The van der Waals surface area contributed by atoms with Gasteiger partial charge >= 0.3 is 0 Å². The normalized spacial score (nSPS) is 16.5. The molecular formula is C16H23FN2S. The minimum absolute atomic E-state index is 0.0798. The van der Waals surface area contributed by atoms with Crippen LogP contribution in [-0.4, -0.2) is 10.5 Å². The summed E-state index contributed by atoms with van der Waals surface area (Å²) in [6, 6.07) is 4.91. The monoisotopic (exact) mass is 294 g/mol. The Bertz CT molecular complexity index is 502. The minimum Gasteiger partial charge on any atom is -0.396 e. The third kappa shape index (κ3) is 4.82. The summed E-state index contributed by atoms with van der Waals surface area (Å²) in [6.45, 7) is 6.41. The molecule has 2 N–H and O–H groups in total. The summed E-state index contributed by atoms with van der Waals surface area (Å²) in [5.41, 5.74) is 7.85. The smallest absolute Gasteiger partial charge is 0.146 e. The van der Waals surface area contributed by atoms with Crippen LogP contribution in [0.15, 0.2) is 22.6 Å². The van der Waals surface area contributed by atoms with Gasteiger partial charge in [-0.2, -0.15) is 0 Å². The molecular weight excluding hydrogens is 271 g/mol. The van der Waals surface area contributed by atoms with Crippen molar-refractivity contribution < 1.29 is 4.39 Å². The van der Waals surface area contributed by atoms with Gasteiger partial charge in [-0.25, -0.2) is 8.79 Å². The first-order chi connectivity index (χ1) is 9.35. The first-order valence-electron chi connectivity index (χ1n) is 7.15. The second-order valence-corrected chi connectivity index (χ2v) is 8.05.